The van der Waals surface area contributed by atoms with Crippen LogP contribution in [0, 0.1) is 0 Å². The molecule has 1 aromatic heterocycles. The van der Waals surface area contributed by atoms with Crippen LogP contribution in [0.4, 0.5) is 5.69 Å². The molecule has 2 aromatic rings. The number of carbonyl (C=O) groups is 1. The average Bonchev–Trinajstić information content (AvgIpc) is 2.92. The molecule has 0 aliphatic heterocycles. The SMILES string of the molecule is C/C(=N\O)c1ccc(NC(=O)c2ccco2)cc1. The molecule has 0 atom stereocenters. The molecule has 1 aromatic carbocycles. The standard InChI is InChI=1S/C13H12N2O3/c1-9(15-17)10-4-6-11(7-5-10)14-13(16)12-3-2-8-18-12/h2-8,17H,1H3,(H,14,16)/b15-9+. The van der Waals surface area contributed by atoms with Gasteiger partial charge < -0.3 is 14.9 Å². The zero-order valence-corrected chi connectivity index (χ0v) is 9.75. The number of oxime groups is 1. The number of benzene rings is 1. The van der Waals surface area contributed by atoms with Gasteiger partial charge in [-0.1, -0.05) is 17.3 Å². The number of nitrogens with zero attached hydrogens (tertiary/aromatic N) is 1. The van der Waals surface area contributed by atoms with Crippen molar-refractivity contribution in [1.82, 2.24) is 0 Å². The van der Waals surface area contributed by atoms with Gasteiger partial charge in [0.2, 0.25) is 0 Å². The minimum atomic E-state index is -0.305. The molecule has 2 N–H and O–H groups in total. The molecule has 92 valence electrons. The quantitative estimate of drug-likeness (QED) is 0.495. The van der Waals surface area contributed by atoms with Crippen LogP contribution < -0.4 is 5.32 Å². The number of nitrogens with one attached hydrogen (secondary N) is 1. The fourth-order valence-corrected chi connectivity index (χ4v) is 1.45. The monoisotopic (exact) mass is 244 g/mol. The second-order valence-electron chi connectivity index (χ2n) is 3.69. The fourth-order valence-electron chi connectivity index (χ4n) is 1.45. The van der Waals surface area contributed by atoms with Crippen molar-refractivity contribution < 1.29 is 14.4 Å². The summed E-state index contributed by atoms with van der Waals surface area (Å²) < 4.78 is 4.98. The Morgan fingerprint density at radius 2 is 2.00 bits per heavy atom. The summed E-state index contributed by atoms with van der Waals surface area (Å²) in [7, 11) is 0. The molecule has 5 heteroatoms. The Balaban J connectivity index is 2.09. The predicted octanol–water partition coefficient (Wildman–Crippen LogP) is 2.73. The minimum Gasteiger partial charge on any atom is -0.459 e. The number of furan rings is 1. The lowest BCUT2D eigenvalue weighted by atomic mass is 10.1. The second kappa shape index (κ2) is 5.18. The van der Waals surface area contributed by atoms with Gasteiger partial charge >= 0.3 is 0 Å². The Morgan fingerprint density at radius 3 is 2.56 bits per heavy atom. The van der Waals surface area contributed by atoms with Crippen LogP contribution in [-0.4, -0.2) is 16.8 Å². The number of hydrogen-bond acceptors (Lipinski definition) is 4. The van der Waals surface area contributed by atoms with Crippen LogP contribution in [0.1, 0.15) is 23.0 Å². The van der Waals surface area contributed by atoms with Crippen LogP contribution in [0.2, 0.25) is 0 Å². The highest BCUT2D eigenvalue weighted by atomic mass is 16.4. The zero-order chi connectivity index (χ0) is 13.0. The Morgan fingerprint density at radius 1 is 1.28 bits per heavy atom. The molecular weight excluding hydrogens is 232 g/mol. The Hall–Kier alpha value is -2.56. The van der Waals surface area contributed by atoms with Crippen molar-refractivity contribution in [1.29, 1.82) is 0 Å². The molecule has 0 saturated carbocycles. The lowest BCUT2D eigenvalue weighted by Crippen LogP contribution is -2.10. The van der Waals surface area contributed by atoms with Crippen molar-refractivity contribution in [3.8, 4) is 0 Å². The van der Waals surface area contributed by atoms with Gasteiger partial charge in [0.05, 0.1) is 12.0 Å². The van der Waals surface area contributed by atoms with E-state index in [1.165, 1.54) is 6.26 Å². The summed E-state index contributed by atoms with van der Waals surface area (Å²) in [5.41, 5.74) is 1.94. The van der Waals surface area contributed by atoms with Gasteiger partial charge in [-0.15, -0.1) is 0 Å². The molecule has 0 spiro atoms. The smallest absolute Gasteiger partial charge is 0.291 e. The minimum absolute atomic E-state index is 0.257. The number of anilines is 1. The normalized spacial score (nSPS) is 11.3. The van der Waals surface area contributed by atoms with E-state index in [1.807, 2.05) is 0 Å². The van der Waals surface area contributed by atoms with Gasteiger partial charge in [-0.25, -0.2) is 0 Å². The first kappa shape index (κ1) is 11.9. The highest BCUT2D eigenvalue weighted by Gasteiger charge is 2.08. The molecule has 0 aliphatic rings. The van der Waals surface area contributed by atoms with Gasteiger partial charge in [-0.05, 0) is 36.8 Å². The van der Waals surface area contributed by atoms with Gasteiger partial charge in [0, 0.05) is 5.69 Å². The molecule has 1 amide bonds. The molecule has 0 unspecified atom stereocenters. The van der Waals surface area contributed by atoms with Gasteiger partial charge in [-0.2, -0.15) is 0 Å². The fraction of sp³-hybridized carbons (Fsp3) is 0.0769. The van der Waals surface area contributed by atoms with E-state index in [0.717, 1.165) is 5.56 Å². The van der Waals surface area contributed by atoms with E-state index in [1.54, 1.807) is 43.3 Å². The Kier molecular flexibility index (Phi) is 3.43. The predicted molar refractivity (Wildman–Crippen MR) is 67.1 cm³/mol. The summed E-state index contributed by atoms with van der Waals surface area (Å²) in [6.07, 6.45) is 1.44. The van der Waals surface area contributed by atoms with Crippen molar-refractivity contribution in [3.63, 3.8) is 0 Å². The zero-order valence-electron chi connectivity index (χ0n) is 9.75. The number of carbonyl (C=O) groups excluding carboxylic acids is 1. The molecule has 18 heavy (non-hydrogen) atoms. The summed E-state index contributed by atoms with van der Waals surface area (Å²) in [5, 5.41) is 14.4. The summed E-state index contributed by atoms with van der Waals surface area (Å²) in [4.78, 5) is 11.7. The maximum absolute atomic E-state index is 11.7. The summed E-state index contributed by atoms with van der Waals surface area (Å²) in [5.74, 6) is -0.0486. The van der Waals surface area contributed by atoms with Gasteiger partial charge in [-0.3, -0.25) is 4.79 Å². The van der Waals surface area contributed by atoms with Crippen LogP contribution in [0.5, 0.6) is 0 Å². The summed E-state index contributed by atoms with van der Waals surface area (Å²) in [6, 6.07) is 10.2. The van der Waals surface area contributed by atoms with Crippen molar-refractivity contribution in [2.75, 3.05) is 5.32 Å². The number of amides is 1. The first-order valence-electron chi connectivity index (χ1n) is 5.34. The molecule has 2 rings (SSSR count). The number of hydrogen-bond donors (Lipinski definition) is 2. The average molecular weight is 244 g/mol. The molecular formula is C13H12N2O3. The molecule has 0 radical (unpaired) electrons. The van der Waals surface area contributed by atoms with Gasteiger partial charge in [0.15, 0.2) is 5.76 Å². The third kappa shape index (κ3) is 2.57. The van der Waals surface area contributed by atoms with E-state index < -0.39 is 0 Å². The van der Waals surface area contributed by atoms with E-state index >= 15 is 0 Å². The van der Waals surface area contributed by atoms with Crippen molar-refractivity contribution >= 4 is 17.3 Å². The van der Waals surface area contributed by atoms with Crippen LogP contribution in [0.15, 0.2) is 52.2 Å². The van der Waals surface area contributed by atoms with Crippen LogP contribution in [-0.2, 0) is 0 Å². The second-order valence-corrected chi connectivity index (χ2v) is 3.69. The van der Waals surface area contributed by atoms with E-state index in [2.05, 4.69) is 10.5 Å². The summed E-state index contributed by atoms with van der Waals surface area (Å²) >= 11 is 0. The van der Waals surface area contributed by atoms with Crippen molar-refractivity contribution in [3.05, 3.63) is 54.0 Å². The van der Waals surface area contributed by atoms with E-state index in [9.17, 15) is 4.79 Å². The van der Waals surface area contributed by atoms with E-state index in [4.69, 9.17) is 9.62 Å². The first-order valence-corrected chi connectivity index (χ1v) is 5.34. The maximum atomic E-state index is 11.7. The number of rotatable bonds is 3. The molecule has 0 fully saturated rings. The Bertz CT molecular complexity index is 556. The molecule has 1 heterocycles. The van der Waals surface area contributed by atoms with Crippen LogP contribution in [0.3, 0.4) is 0 Å². The summed E-state index contributed by atoms with van der Waals surface area (Å²) in [6.45, 7) is 1.69. The molecule has 0 saturated heterocycles. The third-order valence-electron chi connectivity index (χ3n) is 2.46. The lowest BCUT2D eigenvalue weighted by Gasteiger charge is -2.04. The molecule has 5 nitrogen and oxygen atoms in total. The third-order valence-corrected chi connectivity index (χ3v) is 2.46. The van der Waals surface area contributed by atoms with E-state index in [0.29, 0.717) is 11.4 Å². The highest BCUT2D eigenvalue weighted by molar-refractivity contribution is 6.03. The molecule has 0 aliphatic carbocycles. The lowest BCUT2D eigenvalue weighted by molar-refractivity contribution is 0.0996. The van der Waals surface area contributed by atoms with Crippen molar-refractivity contribution in [2.24, 2.45) is 5.16 Å². The molecule has 0 bridgehead atoms. The van der Waals surface area contributed by atoms with E-state index in [-0.39, 0.29) is 11.7 Å². The van der Waals surface area contributed by atoms with Crippen molar-refractivity contribution in [2.45, 2.75) is 6.92 Å². The van der Waals surface area contributed by atoms with Crippen LogP contribution >= 0.6 is 0 Å². The first-order chi connectivity index (χ1) is 8.70. The van der Waals surface area contributed by atoms with Gasteiger partial charge in [0.1, 0.15) is 0 Å². The van der Waals surface area contributed by atoms with Crippen LogP contribution in [0.25, 0.3) is 0 Å². The topological polar surface area (TPSA) is 74.8 Å². The highest BCUT2D eigenvalue weighted by Crippen LogP contribution is 2.12. The maximum Gasteiger partial charge on any atom is 0.291 e. The largest absolute Gasteiger partial charge is 0.459 e. The Labute approximate surface area is 104 Å². The van der Waals surface area contributed by atoms with Gasteiger partial charge in [0.25, 0.3) is 5.91 Å².